The van der Waals surface area contributed by atoms with Crippen molar-refractivity contribution < 1.29 is 0 Å². The van der Waals surface area contributed by atoms with Crippen LogP contribution in [0.3, 0.4) is 0 Å². The second-order valence-corrected chi connectivity index (χ2v) is 5.19. The second-order valence-electron chi connectivity index (χ2n) is 3.04. The van der Waals surface area contributed by atoms with E-state index in [1.165, 1.54) is 0 Å². The van der Waals surface area contributed by atoms with Crippen LogP contribution in [0.1, 0.15) is 5.56 Å². The molecule has 14 heavy (non-hydrogen) atoms. The maximum atomic E-state index is 6.16. The number of rotatable bonds is 0. The maximum absolute atomic E-state index is 6.16. The summed E-state index contributed by atoms with van der Waals surface area (Å²) in [6, 6.07) is 4.00. The fraction of sp³-hybridized carbons (Fsp3) is 0.100. The number of halogens is 3. The molecular formula is C10H6Br2ClN. The lowest BCUT2D eigenvalue weighted by molar-refractivity contribution is 1.34. The van der Waals surface area contributed by atoms with Gasteiger partial charge in [-0.25, -0.2) is 0 Å². The smallest absolute Gasteiger partial charge is 0.0747 e. The van der Waals surface area contributed by atoms with Crippen LogP contribution in [0.5, 0.6) is 0 Å². The number of hydrogen-bond acceptors (Lipinski definition) is 1. The van der Waals surface area contributed by atoms with Gasteiger partial charge in [0, 0.05) is 16.1 Å². The van der Waals surface area contributed by atoms with Gasteiger partial charge >= 0.3 is 0 Å². The number of aryl methyl sites for hydroxylation is 1. The molecule has 0 aliphatic carbocycles. The average Bonchev–Trinajstić information content (AvgIpc) is 2.12. The minimum absolute atomic E-state index is 0.708. The molecule has 0 atom stereocenters. The zero-order chi connectivity index (χ0) is 10.3. The molecule has 0 aliphatic rings. The summed E-state index contributed by atoms with van der Waals surface area (Å²) < 4.78 is 1.84. The largest absolute Gasteiger partial charge is 0.255 e. The Labute approximate surface area is 104 Å². The van der Waals surface area contributed by atoms with Crippen LogP contribution in [0.2, 0.25) is 5.02 Å². The summed E-state index contributed by atoms with van der Waals surface area (Å²) in [6.07, 6.45) is 1.73. The number of aromatic nitrogens is 1. The van der Waals surface area contributed by atoms with E-state index in [0.717, 1.165) is 25.4 Å². The van der Waals surface area contributed by atoms with E-state index in [9.17, 15) is 0 Å². The van der Waals surface area contributed by atoms with Crippen molar-refractivity contribution in [3.63, 3.8) is 0 Å². The quantitative estimate of drug-likeness (QED) is 0.679. The van der Waals surface area contributed by atoms with E-state index in [0.29, 0.717) is 5.02 Å². The summed E-state index contributed by atoms with van der Waals surface area (Å²) in [5, 5.41) is 1.67. The lowest BCUT2D eigenvalue weighted by Crippen LogP contribution is -1.85. The highest BCUT2D eigenvalue weighted by molar-refractivity contribution is 9.10. The van der Waals surface area contributed by atoms with E-state index in [-0.39, 0.29) is 0 Å². The SMILES string of the molecule is Cc1cc(Br)cc2c(Cl)c(Br)cnc12. The van der Waals surface area contributed by atoms with Crippen LogP contribution in [0.25, 0.3) is 10.9 Å². The molecule has 0 aliphatic heterocycles. The summed E-state index contributed by atoms with van der Waals surface area (Å²) in [6.45, 7) is 2.02. The van der Waals surface area contributed by atoms with E-state index in [4.69, 9.17) is 11.6 Å². The summed E-state index contributed by atoms with van der Waals surface area (Å²) in [4.78, 5) is 4.33. The van der Waals surface area contributed by atoms with Crippen molar-refractivity contribution in [2.75, 3.05) is 0 Å². The van der Waals surface area contributed by atoms with Gasteiger partial charge in [-0.05, 0) is 40.5 Å². The molecule has 0 amide bonds. The molecule has 0 saturated carbocycles. The number of benzene rings is 1. The zero-order valence-electron chi connectivity index (χ0n) is 7.31. The molecule has 1 aromatic heterocycles. The number of hydrogen-bond donors (Lipinski definition) is 0. The first-order valence-electron chi connectivity index (χ1n) is 3.99. The van der Waals surface area contributed by atoms with E-state index < -0.39 is 0 Å². The van der Waals surface area contributed by atoms with Crippen LogP contribution in [0, 0.1) is 6.92 Å². The lowest BCUT2D eigenvalue weighted by Gasteiger charge is -2.05. The van der Waals surface area contributed by atoms with Crippen LogP contribution in [0.4, 0.5) is 0 Å². The fourth-order valence-electron chi connectivity index (χ4n) is 1.38. The van der Waals surface area contributed by atoms with Gasteiger partial charge in [-0.3, -0.25) is 4.98 Å². The Kier molecular flexibility index (Phi) is 2.82. The standard InChI is InChI=1S/C10H6Br2ClN/c1-5-2-6(11)3-7-9(13)8(12)4-14-10(5)7/h2-4H,1H3. The number of pyridine rings is 1. The molecule has 0 radical (unpaired) electrons. The van der Waals surface area contributed by atoms with Gasteiger partial charge < -0.3 is 0 Å². The highest BCUT2D eigenvalue weighted by Gasteiger charge is 2.07. The van der Waals surface area contributed by atoms with Gasteiger partial charge in [0.25, 0.3) is 0 Å². The number of nitrogens with zero attached hydrogens (tertiary/aromatic N) is 1. The van der Waals surface area contributed by atoms with Gasteiger partial charge in [0.15, 0.2) is 0 Å². The summed E-state index contributed by atoms with van der Waals surface area (Å²) >= 11 is 13.0. The van der Waals surface area contributed by atoms with Crippen molar-refractivity contribution in [3.05, 3.63) is 37.9 Å². The minimum atomic E-state index is 0.708. The number of fused-ring (bicyclic) bond motifs is 1. The third-order valence-corrected chi connectivity index (χ3v) is 3.71. The van der Waals surface area contributed by atoms with Gasteiger partial charge in [-0.1, -0.05) is 27.5 Å². The highest BCUT2D eigenvalue weighted by atomic mass is 79.9. The Morgan fingerprint density at radius 2 is 2.00 bits per heavy atom. The highest BCUT2D eigenvalue weighted by Crippen LogP contribution is 2.32. The van der Waals surface area contributed by atoms with Crippen molar-refractivity contribution in [2.24, 2.45) is 0 Å². The summed E-state index contributed by atoms with van der Waals surface area (Å²) in [5.41, 5.74) is 2.06. The molecule has 0 fully saturated rings. The lowest BCUT2D eigenvalue weighted by atomic mass is 10.1. The molecule has 0 N–H and O–H groups in total. The van der Waals surface area contributed by atoms with Crippen molar-refractivity contribution in [1.29, 1.82) is 0 Å². The predicted molar refractivity (Wildman–Crippen MR) is 66.9 cm³/mol. The Balaban J connectivity index is 2.95. The van der Waals surface area contributed by atoms with Crippen LogP contribution in [-0.2, 0) is 0 Å². The van der Waals surface area contributed by atoms with Crippen molar-refractivity contribution in [2.45, 2.75) is 6.92 Å². The first-order chi connectivity index (χ1) is 6.59. The third kappa shape index (κ3) is 1.69. The first kappa shape index (κ1) is 10.4. The first-order valence-corrected chi connectivity index (χ1v) is 5.96. The van der Waals surface area contributed by atoms with Crippen LogP contribution >= 0.6 is 43.5 Å². The van der Waals surface area contributed by atoms with Crippen LogP contribution in [-0.4, -0.2) is 4.98 Å². The Hall–Kier alpha value is -0.120. The van der Waals surface area contributed by atoms with Gasteiger partial charge in [-0.15, -0.1) is 0 Å². The molecule has 0 bridgehead atoms. The van der Waals surface area contributed by atoms with Crippen LogP contribution in [0.15, 0.2) is 27.3 Å². The van der Waals surface area contributed by atoms with Crippen LogP contribution < -0.4 is 0 Å². The molecule has 1 aromatic carbocycles. The monoisotopic (exact) mass is 333 g/mol. The average molecular weight is 335 g/mol. The third-order valence-electron chi connectivity index (χ3n) is 2.02. The Morgan fingerprint density at radius 1 is 1.29 bits per heavy atom. The molecule has 2 rings (SSSR count). The Morgan fingerprint density at radius 3 is 2.71 bits per heavy atom. The zero-order valence-corrected chi connectivity index (χ0v) is 11.2. The molecule has 72 valence electrons. The van der Waals surface area contributed by atoms with E-state index in [1.54, 1.807) is 6.20 Å². The molecule has 0 spiro atoms. The molecule has 1 heterocycles. The van der Waals surface area contributed by atoms with Crippen molar-refractivity contribution in [1.82, 2.24) is 4.98 Å². The molecule has 1 nitrogen and oxygen atoms in total. The van der Waals surface area contributed by atoms with Gasteiger partial charge in [0.05, 0.1) is 15.0 Å². The van der Waals surface area contributed by atoms with E-state index >= 15 is 0 Å². The van der Waals surface area contributed by atoms with E-state index in [2.05, 4.69) is 36.8 Å². The van der Waals surface area contributed by atoms with Gasteiger partial charge in [0.2, 0.25) is 0 Å². The van der Waals surface area contributed by atoms with E-state index in [1.807, 2.05) is 19.1 Å². The molecule has 0 unspecified atom stereocenters. The molecule has 4 heteroatoms. The van der Waals surface area contributed by atoms with Gasteiger partial charge in [-0.2, -0.15) is 0 Å². The Bertz CT molecular complexity index is 511. The second kappa shape index (κ2) is 3.80. The predicted octanol–water partition coefficient (Wildman–Crippen LogP) is 4.72. The summed E-state index contributed by atoms with van der Waals surface area (Å²) in [5.74, 6) is 0. The molecular weight excluding hydrogens is 329 g/mol. The topological polar surface area (TPSA) is 12.9 Å². The van der Waals surface area contributed by atoms with Gasteiger partial charge in [0.1, 0.15) is 0 Å². The fourth-order valence-corrected chi connectivity index (χ4v) is 2.46. The summed E-state index contributed by atoms with van der Waals surface area (Å²) in [7, 11) is 0. The molecule has 0 saturated heterocycles. The molecule has 2 aromatic rings. The van der Waals surface area contributed by atoms with Crippen molar-refractivity contribution >= 4 is 54.4 Å². The normalized spacial score (nSPS) is 10.9. The minimum Gasteiger partial charge on any atom is -0.255 e. The van der Waals surface area contributed by atoms with Crippen molar-refractivity contribution in [3.8, 4) is 0 Å². The maximum Gasteiger partial charge on any atom is 0.0747 e.